The zero-order valence-electron chi connectivity index (χ0n) is 11.9. The van der Waals surface area contributed by atoms with E-state index < -0.39 is 6.09 Å². The molecule has 0 atom stereocenters. The molecule has 0 aliphatic carbocycles. The van der Waals surface area contributed by atoms with Gasteiger partial charge in [-0.25, -0.2) is 9.78 Å². The van der Waals surface area contributed by atoms with Crippen LogP contribution >= 0.6 is 0 Å². The Labute approximate surface area is 123 Å². The zero-order chi connectivity index (χ0) is 15.1. The van der Waals surface area contributed by atoms with Crippen molar-refractivity contribution in [1.29, 1.82) is 0 Å². The number of nitrogens with zero attached hydrogens (tertiary/aromatic N) is 1. The van der Waals surface area contributed by atoms with Crippen LogP contribution in [-0.2, 0) is 11.3 Å². The minimum Gasteiger partial charge on any atom is -0.497 e. The summed E-state index contributed by atoms with van der Waals surface area (Å²) < 4.78 is 9.61. The van der Waals surface area contributed by atoms with Gasteiger partial charge in [-0.1, -0.05) is 12.1 Å². The molecule has 2 rings (SSSR count). The highest BCUT2D eigenvalue weighted by atomic mass is 16.5. The summed E-state index contributed by atoms with van der Waals surface area (Å²) >= 11 is 0. The van der Waals surface area contributed by atoms with Gasteiger partial charge in [-0.3, -0.25) is 5.32 Å². The smallest absolute Gasteiger partial charge is 0.411 e. The van der Waals surface area contributed by atoms with Crippen LogP contribution in [0.25, 0.3) is 0 Å². The Morgan fingerprint density at radius 3 is 2.48 bits per heavy atom. The highest BCUT2D eigenvalue weighted by Gasteiger charge is 2.01. The fourth-order valence-electron chi connectivity index (χ4n) is 1.68. The highest BCUT2D eigenvalue weighted by molar-refractivity contribution is 5.84. The largest absolute Gasteiger partial charge is 0.497 e. The Morgan fingerprint density at radius 2 is 1.90 bits per heavy atom. The predicted molar refractivity (Wildman–Crippen MR) is 80.6 cm³/mol. The van der Waals surface area contributed by atoms with Gasteiger partial charge in [0.1, 0.15) is 11.6 Å². The topological polar surface area (TPSA) is 72.5 Å². The van der Waals surface area contributed by atoms with E-state index in [-0.39, 0.29) is 0 Å². The number of nitrogens with one attached hydrogen (secondary N) is 2. The van der Waals surface area contributed by atoms with Crippen molar-refractivity contribution in [2.24, 2.45) is 0 Å². The number of hydrogen-bond donors (Lipinski definition) is 2. The van der Waals surface area contributed by atoms with E-state index in [4.69, 9.17) is 4.74 Å². The second-order valence-electron chi connectivity index (χ2n) is 4.25. The first-order valence-electron chi connectivity index (χ1n) is 6.39. The Kier molecular flexibility index (Phi) is 4.98. The summed E-state index contributed by atoms with van der Waals surface area (Å²) in [5.41, 5.74) is 1.70. The third-order valence-electron chi connectivity index (χ3n) is 2.83. The molecule has 1 aromatic carbocycles. The third kappa shape index (κ3) is 4.38. The third-order valence-corrected chi connectivity index (χ3v) is 2.83. The number of aromatic nitrogens is 1. The van der Waals surface area contributed by atoms with E-state index in [1.807, 2.05) is 24.3 Å². The molecule has 2 aromatic rings. The van der Waals surface area contributed by atoms with Crippen LogP contribution in [0, 0.1) is 0 Å². The molecule has 1 heterocycles. The van der Waals surface area contributed by atoms with Crippen molar-refractivity contribution in [3.05, 3.63) is 48.2 Å². The standard InChI is InChI=1S/C15H17N3O3/c1-20-13-6-3-11(4-7-13)9-16-14-8-5-12(10-17-14)18-15(19)21-2/h3-8,10H,9H2,1-2H3,(H,16,17)(H,18,19). The summed E-state index contributed by atoms with van der Waals surface area (Å²) in [5, 5.41) is 5.74. The summed E-state index contributed by atoms with van der Waals surface area (Å²) in [6.45, 7) is 0.654. The summed E-state index contributed by atoms with van der Waals surface area (Å²) in [4.78, 5) is 15.3. The average molecular weight is 287 g/mol. The summed E-state index contributed by atoms with van der Waals surface area (Å²) in [6, 6.07) is 11.3. The van der Waals surface area contributed by atoms with Gasteiger partial charge in [0.15, 0.2) is 0 Å². The van der Waals surface area contributed by atoms with Crippen molar-refractivity contribution in [3.8, 4) is 5.75 Å². The van der Waals surface area contributed by atoms with E-state index in [0.717, 1.165) is 17.1 Å². The van der Waals surface area contributed by atoms with Gasteiger partial charge < -0.3 is 14.8 Å². The lowest BCUT2D eigenvalue weighted by Gasteiger charge is -2.08. The van der Waals surface area contributed by atoms with Crippen LogP contribution in [-0.4, -0.2) is 25.3 Å². The molecule has 6 heteroatoms. The molecule has 1 amide bonds. The molecule has 0 unspecified atom stereocenters. The van der Waals surface area contributed by atoms with Crippen LogP contribution in [0.1, 0.15) is 5.56 Å². The highest BCUT2D eigenvalue weighted by Crippen LogP contribution is 2.14. The Morgan fingerprint density at radius 1 is 1.14 bits per heavy atom. The van der Waals surface area contributed by atoms with Gasteiger partial charge in [-0.15, -0.1) is 0 Å². The minimum absolute atomic E-state index is 0.518. The van der Waals surface area contributed by atoms with Gasteiger partial charge in [0.05, 0.1) is 26.1 Å². The summed E-state index contributed by atoms with van der Waals surface area (Å²) in [6.07, 6.45) is 1.04. The van der Waals surface area contributed by atoms with E-state index in [2.05, 4.69) is 20.4 Å². The molecule has 0 saturated heterocycles. The molecule has 21 heavy (non-hydrogen) atoms. The number of amides is 1. The number of anilines is 2. The van der Waals surface area contributed by atoms with Gasteiger partial charge in [0.2, 0.25) is 0 Å². The van der Waals surface area contributed by atoms with Crippen LogP contribution < -0.4 is 15.4 Å². The first-order chi connectivity index (χ1) is 10.2. The fraction of sp³-hybridized carbons (Fsp3) is 0.200. The first-order valence-corrected chi connectivity index (χ1v) is 6.39. The minimum atomic E-state index is -0.518. The molecule has 0 aliphatic heterocycles. The number of hydrogen-bond acceptors (Lipinski definition) is 5. The number of methoxy groups -OCH3 is 2. The van der Waals surface area contributed by atoms with Crippen molar-refractivity contribution in [2.75, 3.05) is 24.9 Å². The second-order valence-corrected chi connectivity index (χ2v) is 4.25. The first kappa shape index (κ1) is 14.6. The lowest BCUT2D eigenvalue weighted by Crippen LogP contribution is -2.11. The number of ether oxygens (including phenoxy) is 2. The van der Waals surface area contributed by atoms with Gasteiger partial charge in [0, 0.05) is 6.54 Å². The van der Waals surface area contributed by atoms with E-state index >= 15 is 0 Å². The number of benzene rings is 1. The van der Waals surface area contributed by atoms with Crippen molar-refractivity contribution < 1.29 is 14.3 Å². The normalized spacial score (nSPS) is 9.81. The summed E-state index contributed by atoms with van der Waals surface area (Å²) in [5.74, 6) is 1.55. The molecule has 0 bridgehead atoms. The lowest BCUT2D eigenvalue weighted by atomic mass is 10.2. The Hall–Kier alpha value is -2.76. The average Bonchev–Trinajstić information content (AvgIpc) is 2.54. The maximum atomic E-state index is 11.0. The van der Waals surface area contributed by atoms with Gasteiger partial charge in [-0.05, 0) is 29.8 Å². The quantitative estimate of drug-likeness (QED) is 0.884. The van der Waals surface area contributed by atoms with Gasteiger partial charge in [0.25, 0.3) is 0 Å². The van der Waals surface area contributed by atoms with Crippen LogP contribution in [0.4, 0.5) is 16.3 Å². The van der Waals surface area contributed by atoms with E-state index in [9.17, 15) is 4.79 Å². The van der Waals surface area contributed by atoms with Gasteiger partial charge in [-0.2, -0.15) is 0 Å². The van der Waals surface area contributed by atoms with Gasteiger partial charge >= 0.3 is 6.09 Å². The lowest BCUT2D eigenvalue weighted by molar-refractivity contribution is 0.187. The molecular formula is C15H17N3O3. The molecule has 0 saturated carbocycles. The summed E-state index contributed by atoms with van der Waals surface area (Å²) in [7, 11) is 2.95. The molecule has 2 N–H and O–H groups in total. The van der Waals surface area contributed by atoms with Crippen LogP contribution in [0.15, 0.2) is 42.6 Å². The Bertz CT molecular complexity index is 582. The molecule has 0 radical (unpaired) electrons. The molecule has 6 nitrogen and oxygen atoms in total. The molecule has 1 aromatic heterocycles. The number of rotatable bonds is 5. The maximum absolute atomic E-state index is 11.0. The molecule has 0 fully saturated rings. The van der Waals surface area contributed by atoms with Crippen LogP contribution in [0.3, 0.4) is 0 Å². The van der Waals surface area contributed by atoms with Crippen LogP contribution in [0.5, 0.6) is 5.75 Å². The monoisotopic (exact) mass is 287 g/mol. The number of carbonyl (C=O) groups is 1. The van der Waals surface area contributed by atoms with E-state index in [0.29, 0.717) is 12.2 Å². The number of pyridine rings is 1. The van der Waals surface area contributed by atoms with E-state index in [1.165, 1.54) is 7.11 Å². The van der Waals surface area contributed by atoms with Crippen molar-refractivity contribution in [1.82, 2.24) is 4.98 Å². The van der Waals surface area contributed by atoms with Crippen LogP contribution in [0.2, 0.25) is 0 Å². The number of carbonyl (C=O) groups excluding carboxylic acids is 1. The molecular weight excluding hydrogens is 270 g/mol. The zero-order valence-corrected chi connectivity index (χ0v) is 11.9. The van der Waals surface area contributed by atoms with Crippen molar-refractivity contribution in [3.63, 3.8) is 0 Å². The molecule has 0 aliphatic rings. The fourth-order valence-corrected chi connectivity index (χ4v) is 1.68. The van der Waals surface area contributed by atoms with E-state index in [1.54, 1.807) is 25.4 Å². The van der Waals surface area contributed by atoms with Crippen molar-refractivity contribution >= 4 is 17.6 Å². The van der Waals surface area contributed by atoms with Crippen molar-refractivity contribution in [2.45, 2.75) is 6.54 Å². The molecule has 0 spiro atoms. The second kappa shape index (κ2) is 7.14. The predicted octanol–water partition coefficient (Wildman–Crippen LogP) is 2.88. The SMILES string of the molecule is COC(=O)Nc1ccc(NCc2ccc(OC)cc2)nc1. The Balaban J connectivity index is 1.89. The molecule has 110 valence electrons. The maximum Gasteiger partial charge on any atom is 0.411 e.